The molecule has 1 aromatic heterocycles. The predicted molar refractivity (Wildman–Crippen MR) is 82.2 cm³/mol. The largest absolute Gasteiger partial charge is 0.370 e. The summed E-state index contributed by atoms with van der Waals surface area (Å²) in [6.45, 7) is 11.6. The Kier molecular flexibility index (Phi) is 6.21. The number of aromatic nitrogens is 2. The molecule has 0 saturated carbocycles. The molecule has 0 aliphatic heterocycles. The molecule has 6 nitrogen and oxygen atoms in total. The molecule has 0 aliphatic carbocycles. The average molecular weight is 279 g/mol. The van der Waals surface area contributed by atoms with E-state index in [0.29, 0.717) is 12.4 Å². The van der Waals surface area contributed by atoms with E-state index in [1.54, 1.807) is 0 Å². The number of carbonyl (C=O) groups excluding carboxylic acids is 1. The highest BCUT2D eigenvalue weighted by atomic mass is 16.1. The molecule has 1 amide bonds. The molecule has 0 fully saturated rings. The van der Waals surface area contributed by atoms with Gasteiger partial charge in [-0.2, -0.15) is 0 Å². The van der Waals surface area contributed by atoms with Crippen LogP contribution in [0.2, 0.25) is 0 Å². The quantitative estimate of drug-likeness (QED) is 0.710. The van der Waals surface area contributed by atoms with Crippen molar-refractivity contribution < 1.29 is 4.79 Å². The van der Waals surface area contributed by atoms with Gasteiger partial charge in [-0.1, -0.05) is 13.8 Å². The van der Waals surface area contributed by atoms with E-state index in [9.17, 15) is 4.79 Å². The highest BCUT2D eigenvalue weighted by Crippen LogP contribution is 2.22. The van der Waals surface area contributed by atoms with Crippen LogP contribution in [0.3, 0.4) is 0 Å². The van der Waals surface area contributed by atoms with E-state index in [-0.39, 0.29) is 18.4 Å². The summed E-state index contributed by atoms with van der Waals surface area (Å²) in [7, 11) is 0. The third-order valence-electron chi connectivity index (χ3n) is 2.81. The number of nitrogens with one attached hydrogen (secondary N) is 3. The van der Waals surface area contributed by atoms with E-state index < -0.39 is 0 Å². The monoisotopic (exact) mass is 279 g/mol. The highest BCUT2D eigenvalue weighted by Gasteiger charge is 2.13. The first-order valence-corrected chi connectivity index (χ1v) is 7.12. The predicted octanol–water partition coefficient (Wildman–Crippen LogP) is 1.89. The van der Waals surface area contributed by atoms with Crippen molar-refractivity contribution in [2.45, 2.75) is 40.5 Å². The van der Waals surface area contributed by atoms with E-state index in [2.05, 4.69) is 25.9 Å². The van der Waals surface area contributed by atoms with Crippen molar-refractivity contribution in [1.82, 2.24) is 15.3 Å². The summed E-state index contributed by atoms with van der Waals surface area (Å²) in [4.78, 5) is 20.6. The number of amides is 1. The van der Waals surface area contributed by atoms with Gasteiger partial charge in [-0.05, 0) is 20.8 Å². The molecule has 0 aromatic carbocycles. The van der Waals surface area contributed by atoms with Crippen LogP contribution in [-0.4, -0.2) is 35.5 Å². The molecule has 1 heterocycles. The summed E-state index contributed by atoms with van der Waals surface area (Å²) in [6, 6.07) is 0. The van der Waals surface area contributed by atoms with Gasteiger partial charge in [-0.3, -0.25) is 4.79 Å². The van der Waals surface area contributed by atoms with Gasteiger partial charge in [-0.25, -0.2) is 9.97 Å². The maximum atomic E-state index is 11.5. The standard InChI is InChI=1S/C14H25N5O/c1-6-15-11(20)8-17-14-10(5)13(16-7-2)18-12(19-14)9(3)4/h9H,6-8H2,1-5H3,(H,15,20)(H2,16,17,18,19). The van der Waals surface area contributed by atoms with Crippen LogP contribution in [-0.2, 0) is 4.79 Å². The van der Waals surface area contributed by atoms with E-state index in [0.717, 1.165) is 23.8 Å². The van der Waals surface area contributed by atoms with Crippen molar-refractivity contribution in [1.29, 1.82) is 0 Å². The lowest BCUT2D eigenvalue weighted by atomic mass is 10.2. The van der Waals surface area contributed by atoms with Gasteiger partial charge < -0.3 is 16.0 Å². The number of hydrogen-bond donors (Lipinski definition) is 3. The minimum absolute atomic E-state index is 0.0402. The van der Waals surface area contributed by atoms with Crippen LogP contribution < -0.4 is 16.0 Å². The van der Waals surface area contributed by atoms with Gasteiger partial charge in [-0.15, -0.1) is 0 Å². The second-order valence-electron chi connectivity index (χ2n) is 4.90. The third-order valence-corrected chi connectivity index (χ3v) is 2.81. The van der Waals surface area contributed by atoms with Gasteiger partial charge in [0.05, 0.1) is 6.54 Å². The lowest BCUT2D eigenvalue weighted by Crippen LogP contribution is -2.30. The first kappa shape index (κ1) is 16.2. The number of carbonyl (C=O) groups is 1. The van der Waals surface area contributed by atoms with Gasteiger partial charge in [0.15, 0.2) is 0 Å². The van der Waals surface area contributed by atoms with Crippen molar-refractivity contribution in [3.63, 3.8) is 0 Å². The Morgan fingerprint density at radius 3 is 2.20 bits per heavy atom. The highest BCUT2D eigenvalue weighted by molar-refractivity contribution is 5.80. The summed E-state index contributed by atoms with van der Waals surface area (Å²) in [5, 5.41) is 9.07. The first-order valence-electron chi connectivity index (χ1n) is 7.12. The molecule has 0 saturated heterocycles. The molecule has 1 rings (SSSR count). The lowest BCUT2D eigenvalue weighted by Gasteiger charge is -2.15. The molecular weight excluding hydrogens is 254 g/mol. The van der Waals surface area contributed by atoms with E-state index in [1.807, 2.05) is 34.6 Å². The van der Waals surface area contributed by atoms with Crippen LogP contribution in [0.1, 0.15) is 45.0 Å². The summed E-state index contributed by atoms with van der Waals surface area (Å²) < 4.78 is 0. The second-order valence-corrected chi connectivity index (χ2v) is 4.90. The maximum Gasteiger partial charge on any atom is 0.239 e. The summed E-state index contributed by atoms with van der Waals surface area (Å²) in [6.07, 6.45) is 0. The zero-order chi connectivity index (χ0) is 15.1. The van der Waals surface area contributed by atoms with Crippen molar-refractivity contribution in [3.8, 4) is 0 Å². The van der Waals surface area contributed by atoms with Crippen LogP contribution in [0.25, 0.3) is 0 Å². The van der Waals surface area contributed by atoms with Crippen molar-refractivity contribution >= 4 is 17.5 Å². The van der Waals surface area contributed by atoms with E-state index in [1.165, 1.54) is 0 Å². The Hall–Kier alpha value is -1.85. The fraction of sp³-hybridized carbons (Fsp3) is 0.643. The molecule has 0 unspecified atom stereocenters. The molecule has 6 heteroatoms. The molecular formula is C14H25N5O. The summed E-state index contributed by atoms with van der Waals surface area (Å²) in [5.41, 5.74) is 0.931. The average Bonchev–Trinajstić information content (AvgIpc) is 2.40. The zero-order valence-electron chi connectivity index (χ0n) is 13.0. The Morgan fingerprint density at radius 1 is 1.10 bits per heavy atom. The molecule has 20 heavy (non-hydrogen) atoms. The topological polar surface area (TPSA) is 78.9 Å². The second kappa shape index (κ2) is 7.67. The van der Waals surface area contributed by atoms with Crippen molar-refractivity contribution in [3.05, 3.63) is 11.4 Å². The number of rotatable bonds is 7. The number of likely N-dealkylation sites (N-methyl/N-ethyl adjacent to an activating group) is 1. The molecule has 0 bridgehead atoms. The molecule has 0 spiro atoms. The third kappa shape index (κ3) is 4.36. The van der Waals surface area contributed by atoms with Crippen LogP contribution >= 0.6 is 0 Å². The molecule has 1 aromatic rings. The van der Waals surface area contributed by atoms with Crippen LogP contribution in [0.15, 0.2) is 0 Å². The number of nitrogens with zero attached hydrogens (tertiary/aromatic N) is 2. The number of anilines is 2. The Bertz CT molecular complexity index is 459. The molecule has 112 valence electrons. The van der Waals surface area contributed by atoms with Crippen LogP contribution in [0.4, 0.5) is 11.6 Å². The Morgan fingerprint density at radius 2 is 1.70 bits per heavy atom. The smallest absolute Gasteiger partial charge is 0.239 e. The number of hydrogen-bond acceptors (Lipinski definition) is 5. The van der Waals surface area contributed by atoms with Crippen LogP contribution in [0.5, 0.6) is 0 Å². The molecule has 0 atom stereocenters. The van der Waals surface area contributed by atoms with Gasteiger partial charge in [0, 0.05) is 24.6 Å². The van der Waals surface area contributed by atoms with Crippen LogP contribution in [0, 0.1) is 6.92 Å². The van der Waals surface area contributed by atoms with Gasteiger partial charge in [0.25, 0.3) is 0 Å². The summed E-state index contributed by atoms with van der Waals surface area (Å²) >= 11 is 0. The minimum Gasteiger partial charge on any atom is -0.370 e. The first-order chi connectivity index (χ1) is 9.49. The fourth-order valence-corrected chi connectivity index (χ4v) is 1.73. The molecule has 3 N–H and O–H groups in total. The lowest BCUT2D eigenvalue weighted by molar-refractivity contribution is -0.119. The normalized spacial score (nSPS) is 10.5. The minimum atomic E-state index is -0.0402. The van der Waals surface area contributed by atoms with Gasteiger partial charge in [0.1, 0.15) is 17.5 Å². The van der Waals surface area contributed by atoms with Crippen molar-refractivity contribution in [2.75, 3.05) is 30.3 Å². The van der Waals surface area contributed by atoms with E-state index in [4.69, 9.17) is 0 Å². The molecule has 0 radical (unpaired) electrons. The molecule has 0 aliphatic rings. The zero-order valence-corrected chi connectivity index (χ0v) is 13.0. The fourth-order valence-electron chi connectivity index (χ4n) is 1.73. The Labute approximate surface area is 120 Å². The van der Waals surface area contributed by atoms with E-state index >= 15 is 0 Å². The van der Waals surface area contributed by atoms with Crippen molar-refractivity contribution in [2.24, 2.45) is 0 Å². The maximum absolute atomic E-state index is 11.5. The van der Waals surface area contributed by atoms with Gasteiger partial charge in [0.2, 0.25) is 5.91 Å². The Balaban J connectivity index is 2.95. The summed E-state index contributed by atoms with van der Waals surface area (Å²) in [5.74, 6) is 2.50. The van der Waals surface area contributed by atoms with Gasteiger partial charge >= 0.3 is 0 Å². The SMILES string of the molecule is CCNC(=O)CNc1nc(C(C)C)nc(NCC)c1C.